The zero-order valence-corrected chi connectivity index (χ0v) is 17.7. The van der Waals surface area contributed by atoms with Crippen LogP contribution in [0.2, 0.25) is 5.02 Å². The summed E-state index contributed by atoms with van der Waals surface area (Å²) in [5.74, 6) is 1.45. The maximum Gasteiger partial charge on any atom is 0.190 e. The van der Waals surface area contributed by atoms with Gasteiger partial charge in [0.1, 0.15) is 0 Å². The van der Waals surface area contributed by atoms with Gasteiger partial charge in [-0.3, -0.25) is 9.69 Å². The average molecular weight is 412 g/mol. The van der Waals surface area contributed by atoms with Gasteiger partial charge in [0.25, 0.3) is 0 Å². The van der Waals surface area contributed by atoms with Crippen molar-refractivity contribution in [2.24, 2.45) is 5.92 Å². The van der Waals surface area contributed by atoms with Crippen LogP contribution in [-0.2, 0) is 13.0 Å². The molecule has 4 nitrogen and oxygen atoms in total. The molecule has 0 unspecified atom stereocenters. The molecule has 29 heavy (non-hydrogen) atoms. The minimum atomic E-state index is 0.0256. The van der Waals surface area contributed by atoms with E-state index in [1.807, 2.05) is 6.07 Å². The molecule has 2 aliphatic rings. The molecule has 4 rings (SSSR count). The van der Waals surface area contributed by atoms with Crippen LogP contribution >= 0.6 is 11.6 Å². The van der Waals surface area contributed by atoms with Crippen LogP contribution in [0.15, 0.2) is 48.0 Å². The van der Waals surface area contributed by atoms with E-state index < -0.39 is 0 Å². The Morgan fingerprint density at radius 3 is 2.52 bits per heavy atom. The number of rotatable bonds is 5. The Morgan fingerprint density at radius 1 is 1.14 bits per heavy atom. The fraction of sp³-hybridized carbons (Fsp3) is 0.375. The standard InChI is InChI=1S/C24H26ClNO3/c1-28-20-14-18-13-19(23(27)21(18)22(25)24(20)29-2)12-16-8-10-26(11-9-16)15-17-6-4-3-5-7-17/h3-7,12,14,16H,8-11,13,15H2,1-2H3/b19-12+. The van der Waals surface area contributed by atoms with Crippen molar-refractivity contribution in [3.05, 3.63) is 69.8 Å². The molecule has 0 atom stereocenters. The number of allylic oxidation sites excluding steroid dienone is 2. The number of piperidine rings is 1. The second-order valence-electron chi connectivity index (χ2n) is 7.76. The highest BCUT2D eigenvalue weighted by molar-refractivity contribution is 6.37. The number of nitrogens with zero attached hydrogens (tertiary/aromatic N) is 1. The lowest BCUT2D eigenvalue weighted by Crippen LogP contribution is -2.32. The van der Waals surface area contributed by atoms with Crippen molar-refractivity contribution in [1.29, 1.82) is 0 Å². The number of ether oxygens (including phenoxy) is 2. The number of benzene rings is 2. The number of halogens is 1. The number of likely N-dealkylation sites (tertiary alicyclic amines) is 1. The van der Waals surface area contributed by atoms with Gasteiger partial charge in [-0.25, -0.2) is 0 Å². The number of methoxy groups -OCH3 is 2. The summed E-state index contributed by atoms with van der Waals surface area (Å²) in [5, 5.41) is 0.355. The average Bonchev–Trinajstić information content (AvgIpc) is 3.05. The minimum absolute atomic E-state index is 0.0256. The number of carbonyl (C=O) groups excluding carboxylic acids is 1. The Labute approximate surface area is 177 Å². The summed E-state index contributed by atoms with van der Waals surface area (Å²) in [5.41, 5.74) is 3.68. The van der Waals surface area contributed by atoms with E-state index in [9.17, 15) is 4.79 Å². The topological polar surface area (TPSA) is 38.8 Å². The molecule has 0 bridgehead atoms. The largest absolute Gasteiger partial charge is 0.493 e. The van der Waals surface area contributed by atoms with E-state index in [1.54, 1.807) is 7.11 Å². The van der Waals surface area contributed by atoms with Gasteiger partial charge in [0, 0.05) is 24.1 Å². The zero-order valence-electron chi connectivity index (χ0n) is 16.9. The molecule has 0 spiro atoms. The van der Waals surface area contributed by atoms with Crippen LogP contribution < -0.4 is 9.47 Å². The summed E-state index contributed by atoms with van der Waals surface area (Å²) >= 11 is 6.48. The predicted octanol–water partition coefficient (Wildman–Crippen LogP) is 4.93. The number of Topliss-reactive ketones (excluding diaryl/α,β-unsaturated/α-hetero) is 1. The summed E-state index contributed by atoms with van der Waals surface area (Å²) in [6.45, 7) is 3.09. The normalized spacial score (nSPS) is 18.9. The van der Waals surface area contributed by atoms with E-state index in [0.717, 1.165) is 43.6 Å². The van der Waals surface area contributed by atoms with Crippen molar-refractivity contribution < 1.29 is 14.3 Å². The molecule has 0 N–H and O–H groups in total. The van der Waals surface area contributed by atoms with Crippen LogP contribution in [-0.4, -0.2) is 38.0 Å². The molecule has 1 saturated heterocycles. The Kier molecular flexibility index (Phi) is 5.93. The van der Waals surface area contributed by atoms with Crippen molar-refractivity contribution in [2.45, 2.75) is 25.8 Å². The summed E-state index contributed by atoms with van der Waals surface area (Å²) in [6, 6.07) is 12.5. The van der Waals surface area contributed by atoms with Crippen LogP contribution in [0.25, 0.3) is 0 Å². The van der Waals surface area contributed by atoms with Gasteiger partial charge in [-0.15, -0.1) is 0 Å². The summed E-state index contributed by atoms with van der Waals surface area (Å²) in [6.07, 6.45) is 4.93. The number of hydrogen-bond acceptors (Lipinski definition) is 4. The molecule has 0 radical (unpaired) electrons. The molecular weight excluding hydrogens is 386 g/mol. The number of carbonyl (C=O) groups is 1. The smallest absolute Gasteiger partial charge is 0.190 e. The van der Waals surface area contributed by atoms with Gasteiger partial charge in [-0.2, -0.15) is 0 Å². The molecular formula is C24H26ClNO3. The van der Waals surface area contributed by atoms with Gasteiger partial charge >= 0.3 is 0 Å². The van der Waals surface area contributed by atoms with Gasteiger partial charge in [0.2, 0.25) is 0 Å². The van der Waals surface area contributed by atoms with Crippen LogP contribution in [0.5, 0.6) is 11.5 Å². The van der Waals surface area contributed by atoms with Gasteiger partial charge in [-0.1, -0.05) is 48.0 Å². The van der Waals surface area contributed by atoms with E-state index in [1.165, 1.54) is 12.7 Å². The van der Waals surface area contributed by atoms with Crippen LogP contribution in [0.1, 0.15) is 34.3 Å². The lowest BCUT2D eigenvalue weighted by Gasteiger charge is -2.30. The van der Waals surface area contributed by atoms with E-state index in [2.05, 4.69) is 41.3 Å². The molecule has 1 aliphatic carbocycles. The first-order chi connectivity index (χ1) is 14.1. The lowest BCUT2D eigenvalue weighted by atomic mass is 9.93. The van der Waals surface area contributed by atoms with Crippen molar-refractivity contribution in [3.8, 4) is 11.5 Å². The lowest BCUT2D eigenvalue weighted by molar-refractivity contribution is 0.103. The molecule has 1 aliphatic heterocycles. The molecule has 0 amide bonds. The SMILES string of the molecule is COc1cc2c(c(Cl)c1OC)C(=O)/C(=C/C1CCN(Cc3ccccc3)CC1)C2. The van der Waals surface area contributed by atoms with E-state index >= 15 is 0 Å². The van der Waals surface area contributed by atoms with E-state index in [-0.39, 0.29) is 5.78 Å². The maximum atomic E-state index is 13.0. The summed E-state index contributed by atoms with van der Waals surface area (Å²) < 4.78 is 10.7. The Hall–Kier alpha value is -2.30. The maximum absolute atomic E-state index is 13.0. The van der Waals surface area contributed by atoms with Gasteiger partial charge in [0.15, 0.2) is 17.3 Å². The molecule has 1 heterocycles. The quantitative estimate of drug-likeness (QED) is 0.653. The number of fused-ring (bicyclic) bond motifs is 1. The van der Waals surface area contributed by atoms with Gasteiger partial charge in [0.05, 0.1) is 19.2 Å². The fourth-order valence-electron chi connectivity index (χ4n) is 4.37. The van der Waals surface area contributed by atoms with E-state index in [4.69, 9.17) is 21.1 Å². The Bertz CT molecular complexity index is 931. The van der Waals surface area contributed by atoms with E-state index in [0.29, 0.717) is 34.4 Å². The summed E-state index contributed by atoms with van der Waals surface area (Å²) in [4.78, 5) is 15.5. The third kappa shape index (κ3) is 4.05. The number of hydrogen-bond donors (Lipinski definition) is 0. The van der Waals surface area contributed by atoms with Crippen molar-refractivity contribution in [3.63, 3.8) is 0 Å². The predicted molar refractivity (Wildman–Crippen MR) is 115 cm³/mol. The molecule has 2 aromatic rings. The monoisotopic (exact) mass is 411 g/mol. The van der Waals surface area contributed by atoms with Crippen LogP contribution in [0.4, 0.5) is 0 Å². The number of ketones is 1. The Balaban J connectivity index is 1.44. The van der Waals surface area contributed by atoms with Crippen LogP contribution in [0, 0.1) is 5.92 Å². The van der Waals surface area contributed by atoms with Crippen molar-refractivity contribution in [2.75, 3.05) is 27.3 Å². The van der Waals surface area contributed by atoms with Gasteiger partial charge < -0.3 is 9.47 Å². The van der Waals surface area contributed by atoms with Crippen LogP contribution in [0.3, 0.4) is 0 Å². The first-order valence-corrected chi connectivity index (χ1v) is 10.4. The molecule has 152 valence electrons. The molecule has 0 saturated carbocycles. The first-order valence-electron chi connectivity index (χ1n) is 10.1. The summed E-state index contributed by atoms with van der Waals surface area (Å²) in [7, 11) is 3.12. The second kappa shape index (κ2) is 8.60. The second-order valence-corrected chi connectivity index (χ2v) is 8.14. The van der Waals surface area contributed by atoms with Gasteiger partial charge in [-0.05, 0) is 49.0 Å². The minimum Gasteiger partial charge on any atom is -0.493 e. The zero-order chi connectivity index (χ0) is 20.4. The highest BCUT2D eigenvalue weighted by atomic mass is 35.5. The first kappa shape index (κ1) is 20.0. The molecule has 0 aromatic heterocycles. The highest BCUT2D eigenvalue weighted by Gasteiger charge is 2.32. The van der Waals surface area contributed by atoms with Crippen molar-refractivity contribution in [1.82, 2.24) is 4.90 Å². The molecule has 1 fully saturated rings. The Morgan fingerprint density at radius 2 is 1.86 bits per heavy atom. The van der Waals surface area contributed by atoms with Crippen molar-refractivity contribution >= 4 is 17.4 Å². The molecule has 5 heteroatoms. The fourth-order valence-corrected chi connectivity index (χ4v) is 4.75. The highest BCUT2D eigenvalue weighted by Crippen LogP contribution is 2.44. The third-order valence-electron chi connectivity index (χ3n) is 5.91. The third-order valence-corrected chi connectivity index (χ3v) is 6.27. The molecule has 2 aromatic carbocycles.